The van der Waals surface area contributed by atoms with E-state index in [1.54, 1.807) is 18.2 Å². The quantitative estimate of drug-likeness (QED) is 0.889. The normalized spacial score (nSPS) is 12.4. The van der Waals surface area contributed by atoms with E-state index in [0.717, 1.165) is 5.56 Å². The van der Waals surface area contributed by atoms with Gasteiger partial charge in [-0.25, -0.2) is 4.39 Å². The van der Waals surface area contributed by atoms with Crippen LogP contribution in [0.15, 0.2) is 42.5 Å². The van der Waals surface area contributed by atoms with Crippen molar-refractivity contribution in [2.24, 2.45) is 5.73 Å². The van der Waals surface area contributed by atoms with Crippen molar-refractivity contribution >= 4 is 23.2 Å². The average Bonchev–Trinajstić information content (AvgIpc) is 2.35. The van der Waals surface area contributed by atoms with Crippen molar-refractivity contribution in [1.29, 1.82) is 0 Å². The standard InChI is InChI=1S/C14H12Cl2FN/c15-11-6-2-1-4-9(11)8-13(18)10-5-3-7-12(16)14(10)17/h1-7,13H,8,18H2. The summed E-state index contributed by atoms with van der Waals surface area (Å²) in [5, 5.41) is 0.720. The minimum absolute atomic E-state index is 0.0853. The number of halogens is 3. The molecule has 2 rings (SSSR count). The number of rotatable bonds is 3. The van der Waals surface area contributed by atoms with Crippen LogP contribution >= 0.6 is 23.2 Å². The highest BCUT2D eigenvalue weighted by Crippen LogP contribution is 2.26. The molecule has 0 aliphatic rings. The molecule has 2 N–H and O–H groups in total. The molecule has 0 heterocycles. The maximum atomic E-state index is 13.8. The summed E-state index contributed by atoms with van der Waals surface area (Å²) in [5.74, 6) is -0.460. The molecule has 1 nitrogen and oxygen atoms in total. The Hall–Kier alpha value is -1.09. The van der Waals surface area contributed by atoms with E-state index < -0.39 is 11.9 Å². The Morgan fingerprint density at radius 2 is 1.67 bits per heavy atom. The molecular weight excluding hydrogens is 272 g/mol. The molecule has 2 aromatic carbocycles. The van der Waals surface area contributed by atoms with Crippen LogP contribution in [0.1, 0.15) is 17.2 Å². The van der Waals surface area contributed by atoms with E-state index in [4.69, 9.17) is 28.9 Å². The maximum Gasteiger partial charge on any atom is 0.146 e. The maximum absolute atomic E-state index is 13.8. The summed E-state index contributed by atoms with van der Waals surface area (Å²) in [5.41, 5.74) is 7.31. The minimum Gasteiger partial charge on any atom is -0.324 e. The van der Waals surface area contributed by atoms with Gasteiger partial charge in [-0.1, -0.05) is 53.5 Å². The van der Waals surface area contributed by atoms with Crippen LogP contribution in [0.4, 0.5) is 4.39 Å². The molecule has 1 atom stereocenters. The first-order valence-corrected chi connectivity index (χ1v) is 6.28. The highest BCUT2D eigenvalue weighted by molar-refractivity contribution is 6.31. The Balaban J connectivity index is 2.25. The second-order valence-corrected chi connectivity index (χ2v) is 4.86. The van der Waals surface area contributed by atoms with Gasteiger partial charge in [0.15, 0.2) is 0 Å². The molecule has 0 amide bonds. The highest BCUT2D eigenvalue weighted by Gasteiger charge is 2.15. The fourth-order valence-corrected chi connectivity index (χ4v) is 2.21. The molecule has 0 radical (unpaired) electrons. The van der Waals surface area contributed by atoms with Crippen molar-refractivity contribution in [2.75, 3.05) is 0 Å². The predicted molar refractivity (Wildman–Crippen MR) is 73.5 cm³/mol. The zero-order valence-electron chi connectivity index (χ0n) is 9.54. The Labute approximate surface area is 115 Å². The van der Waals surface area contributed by atoms with E-state index in [-0.39, 0.29) is 5.02 Å². The first-order valence-electron chi connectivity index (χ1n) is 5.52. The topological polar surface area (TPSA) is 26.0 Å². The van der Waals surface area contributed by atoms with Gasteiger partial charge < -0.3 is 5.73 Å². The van der Waals surface area contributed by atoms with Crippen LogP contribution in [0.2, 0.25) is 10.0 Å². The fourth-order valence-electron chi connectivity index (χ4n) is 1.82. The van der Waals surface area contributed by atoms with Crippen LogP contribution in [-0.4, -0.2) is 0 Å². The molecule has 94 valence electrons. The van der Waals surface area contributed by atoms with Crippen LogP contribution in [0.3, 0.4) is 0 Å². The van der Waals surface area contributed by atoms with Crippen LogP contribution < -0.4 is 5.73 Å². The monoisotopic (exact) mass is 283 g/mol. The third-order valence-electron chi connectivity index (χ3n) is 2.78. The van der Waals surface area contributed by atoms with Crippen molar-refractivity contribution in [1.82, 2.24) is 0 Å². The Kier molecular flexibility index (Phi) is 4.23. The molecule has 2 aromatic rings. The summed E-state index contributed by atoms with van der Waals surface area (Å²) in [6.45, 7) is 0. The number of benzene rings is 2. The lowest BCUT2D eigenvalue weighted by molar-refractivity contribution is 0.581. The largest absolute Gasteiger partial charge is 0.324 e. The molecule has 0 aromatic heterocycles. The van der Waals surface area contributed by atoms with Gasteiger partial charge in [0.2, 0.25) is 0 Å². The molecular formula is C14H12Cl2FN. The molecule has 1 unspecified atom stereocenters. The Morgan fingerprint density at radius 1 is 1.00 bits per heavy atom. The van der Waals surface area contributed by atoms with Gasteiger partial charge in [-0.05, 0) is 24.1 Å². The summed E-state index contributed by atoms with van der Waals surface area (Å²) in [6.07, 6.45) is 0.469. The van der Waals surface area contributed by atoms with Crippen molar-refractivity contribution in [3.63, 3.8) is 0 Å². The molecule has 0 spiro atoms. The third-order valence-corrected chi connectivity index (χ3v) is 3.44. The van der Waals surface area contributed by atoms with Crippen LogP contribution in [0.25, 0.3) is 0 Å². The summed E-state index contributed by atoms with van der Waals surface area (Å²) in [4.78, 5) is 0. The lowest BCUT2D eigenvalue weighted by Crippen LogP contribution is -2.15. The summed E-state index contributed by atoms with van der Waals surface area (Å²) in [7, 11) is 0. The zero-order valence-corrected chi connectivity index (χ0v) is 11.0. The third kappa shape index (κ3) is 2.83. The minimum atomic E-state index is -0.469. The van der Waals surface area contributed by atoms with Gasteiger partial charge in [0.25, 0.3) is 0 Å². The number of hydrogen-bond donors (Lipinski definition) is 1. The molecule has 0 aliphatic carbocycles. The van der Waals surface area contributed by atoms with E-state index in [9.17, 15) is 4.39 Å². The van der Waals surface area contributed by atoms with Crippen molar-refractivity contribution in [2.45, 2.75) is 12.5 Å². The Morgan fingerprint density at radius 3 is 2.39 bits per heavy atom. The second-order valence-electron chi connectivity index (χ2n) is 4.05. The van der Waals surface area contributed by atoms with Gasteiger partial charge in [0.05, 0.1) is 5.02 Å². The van der Waals surface area contributed by atoms with E-state index in [2.05, 4.69) is 0 Å². The zero-order chi connectivity index (χ0) is 13.1. The fraction of sp³-hybridized carbons (Fsp3) is 0.143. The van der Waals surface area contributed by atoms with E-state index in [0.29, 0.717) is 17.0 Å². The molecule has 0 fully saturated rings. The smallest absolute Gasteiger partial charge is 0.146 e. The molecule has 0 aliphatic heterocycles. The predicted octanol–water partition coefficient (Wildman–Crippen LogP) is 4.38. The van der Waals surface area contributed by atoms with Crippen LogP contribution in [0, 0.1) is 5.82 Å². The molecule has 18 heavy (non-hydrogen) atoms. The van der Waals surface area contributed by atoms with Gasteiger partial charge in [-0.2, -0.15) is 0 Å². The molecule has 0 bridgehead atoms. The second kappa shape index (κ2) is 5.70. The van der Waals surface area contributed by atoms with Crippen molar-refractivity contribution in [3.8, 4) is 0 Å². The van der Waals surface area contributed by atoms with Crippen LogP contribution in [0.5, 0.6) is 0 Å². The van der Waals surface area contributed by atoms with Gasteiger partial charge in [-0.15, -0.1) is 0 Å². The summed E-state index contributed by atoms with van der Waals surface area (Å²) >= 11 is 11.8. The first kappa shape index (κ1) is 13.3. The van der Waals surface area contributed by atoms with Crippen LogP contribution in [-0.2, 0) is 6.42 Å². The number of nitrogens with two attached hydrogens (primary N) is 1. The molecule has 0 saturated carbocycles. The van der Waals surface area contributed by atoms with Gasteiger partial charge in [0.1, 0.15) is 5.82 Å². The first-order chi connectivity index (χ1) is 8.59. The number of hydrogen-bond acceptors (Lipinski definition) is 1. The lowest BCUT2D eigenvalue weighted by Gasteiger charge is -2.14. The lowest BCUT2D eigenvalue weighted by atomic mass is 9.99. The van der Waals surface area contributed by atoms with E-state index in [1.165, 1.54) is 6.07 Å². The average molecular weight is 284 g/mol. The van der Waals surface area contributed by atoms with Crippen molar-refractivity contribution < 1.29 is 4.39 Å². The van der Waals surface area contributed by atoms with E-state index in [1.807, 2.05) is 18.2 Å². The van der Waals surface area contributed by atoms with Crippen molar-refractivity contribution in [3.05, 3.63) is 69.5 Å². The van der Waals surface area contributed by atoms with Gasteiger partial charge in [0, 0.05) is 16.6 Å². The molecule has 0 saturated heterocycles. The summed E-state index contributed by atoms with van der Waals surface area (Å²) < 4.78 is 13.8. The summed E-state index contributed by atoms with van der Waals surface area (Å²) in [6, 6.07) is 11.8. The Bertz CT molecular complexity index is 557. The van der Waals surface area contributed by atoms with E-state index >= 15 is 0 Å². The highest BCUT2D eigenvalue weighted by atomic mass is 35.5. The van der Waals surface area contributed by atoms with Gasteiger partial charge in [-0.3, -0.25) is 0 Å². The SMILES string of the molecule is NC(Cc1ccccc1Cl)c1cccc(Cl)c1F. The molecule has 4 heteroatoms. The van der Waals surface area contributed by atoms with Gasteiger partial charge >= 0.3 is 0 Å².